The summed E-state index contributed by atoms with van der Waals surface area (Å²) >= 11 is 0. The number of carbonyl (C=O) groups is 2. The number of amides is 2. The zero-order valence-corrected chi connectivity index (χ0v) is 12.6. The van der Waals surface area contributed by atoms with E-state index >= 15 is 0 Å². The fourth-order valence-electron chi connectivity index (χ4n) is 1.32. The van der Waals surface area contributed by atoms with Crippen molar-refractivity contribution in [3.63, 3.8) is 0 Å². The summed E-state index contributed by atoms with van der Waals surface area (Å²) in [5.74, 6) is -3.91. The normalized spacial score (nSPS) is 13.6. The van der Waals surface area contributed by atoms with Gasteiger partial charge in [-0.1, -0.05) is 0 Å². The van der Waals surface area contributed by atoms with Crippen molar-refractivity contribution >= 4 is 12.0 Å². The van der Waals surface area contributed by atoms with E-state index in [4.69, 9.17) is 4.74 Å². The number of ether oxygens (including phenoxy) is 1. The molecule has 118 valence electrons. The molecule has 1 N–H and O–H groups in total. The van der Waals surface area contributed by atoms with Gasteiger partial charge in [0.15, 0.2) is 0 Å². The van der Waals surface area contributed by atoms with Crippen molar-refractivity contribution < 1.29 is 27.9 Å². The highest BCUT2D eigenvalue weighted by atomic mass is 19.3. The number of alkyl halides is 2. The molecule has 0 aliphatic rings. The molecule has 0 aliphatic carbocycles. The van der Waals surface area contributed by atoms with Gasteiger partial charge in [0.2, 0.25) is 5.92 Å². The van der Waals surface area contributed by atoms with Crippen molar-refractivity contribution in [2.24, 2.45) is 0 Å². The standard InChI is InChI=1S/C12H22F2N2O4/c1-11(2,3)20-10(18)15-8(7-12(4,13)14)9(17)16(5)19-6/h8H,7H2,1-6H3,(H,15,18)/t8-/m0/s1. The van der Waals surface area contributed by atoms with Gasteiger partial charge in [0.25, 0.3) is 5.91 Å². The third-order valence-corrected chi connectivity index (χ3v) is 2.14. The van der Waals surface area contributed by atoms with Gasteiger partial charge < -0.3 is 10.1 Å². The molecule has 6 nitrogen and oxygen atoms in total. The molecule has 0 unspecified atom stereocenters. The summed E-state index contributed by atoms with van der Waals surface area (Å²) in [6, 6.07) is -1.44. The average molecular weight is 296 g/mol. The molecule has 0 aromatic rings. The van der Waals surface area contributed by atoms with Crippen LogP contribution in [0, 0.1) is 0 Å². The van der Waals surface area contributed by atoms with Crippen LogP contribution in [0.3, 0.4) is 0 Å². The van der Waals surface area contributed by atoms with E-state index < -0.39 is 36.0 Å². The minimum Gasteiger partial charge on any atom is -0.444 e. The molecule has 0 spiro atoms. The Hall–Kier alpha value is -1.44. The van der Waals surface area contributed by atoms with Crippen molar-refractivity contribution in [2.75, 3.05) is 14.2 Å². The van der Waals surface area contributed by atoms with E-state index in [9.17, 15) is 18.4 Å². The van der Waals surface area contributed by atoms with Gasteiger partial charge in [0.05, 0.1) is 7.11 Å². The highest BCUT2D eigenvalue weighted by Gasteiger charge is 2.35. The van der Waals surface area contributed by atoms with Crippen molar-refractivity contribution in [2.45, 2.75) is 51.7 Å². The Balaban J connectivity index is 4.87. The molecule has 0 aromatic heterocycles. The summed E-state index contributed by atoms with van der Waals surface area (Å²) in [5.41, 5.74) is -0.792. The molecule has 0 saturated carbocycles. The van der Waals surface area contributed by atoms with Gasteiger partial charge in [0.1, 0.15) is 11.6 Å². The molecule has 0 saturated heterocycles. The van der Waals surface area contributed by atoms with E-state index in [2.05, 4.69) is 10.2 Å². The zero-order valence-electron chi connectivity index (χ0n) is 12.6. The van der Waals surface area contributed by atoms with Crippen molar-refractivity contribution in [1.82, 2.24) is 10.4 Å². The Kier molecular flexibility index (Phi) is 6.33. The minimum atomic E-state index is -3.12. The fourth-order valence-corrected chi connectivity index (χ4v) is 1.32. The Morgan fingerprint density at radius 1 is 1.25 bits per heavy atom. The monoisotopic (exact) mass is 296 g/mol. The van der Waals surface area contributed by atoms with Crippen LogP contribution in [0.4, 0.5) is 13.6 Å². The number of likely N-dealkylation sites (N-methyl/N-ethyl adjacent to an activating group) is 1. The van der Waals surface area contributed by atoms with Crippen LogP contribution in [-0.4, -0.2) is 48.8 Å². The summed E-state index contributed by atoms with van der Waals surface area (Å²) in [4.78, 5) is 28.1. The predicted molar refractivity (Wildman–Crippen MR) is 68.2 cm³/mol. The molecular weight excluding hydrogens is 274 g/mol. The largest absolute Gasteiger partial charge is 0.444 e. The number of hydroxylamine groups is 2. The maximum absolute atomic E-state index is 13.1. The van der Waals surface area contributed by atoms with Gasteiger partial charge in [-0.2, -0.15) is 0 Å². The Morgan fingerprint density at radius 3 is 2.10 bits per heavy atom. The maximum atomic E-state index is 13.1. The fraction of sp³-hybridized carbons (Fsp3) is 0.833. The molecule has 0 bridgehead atoms. The smallest absolute Gasteiger partial charge is 0.408 e. The van der Waals surface area contributed by atoms with E-state index in [0.29, 0.717) is 6.92 Å². The van der Waals surface area contributed by atoms with Crippen LogP contribution in [-0.2, 0) is 14.4 Å². The van der Waals surface area contributed by atoms with Crippen LogP contribution in [0.15, 0.2) is 0 Å². The van der Waals surface area contributed by atoms with Gasteiger partial charge in [-0.25, -0.2) is 18.6 Å². The van der Waals surface area contributed by atoms with Crippen LogP contribution in [0.1, 0.15) is 34.1 Å². The first-order chi connectivity index (χ1) is 8.85. The second-order valence-electron chi connectivity index (χ2n) is 5.49. The number of halogens is 2. The molecule has 0 heterocycles. The second kappa shape index (κ2) is 6.83. The number of hydrogen-bond acceptors (Lipinski definition) is 4. The zero-order chi connectivity index (χ0) is 16.1. The molecular formula is C12H22F2N2O4. The predicted octanol–water partition coefficient (Wildman–Crippen LogP) is 1.94. The van der Waals surface area contributed by atoms with Gasteiger partial charge in [-0.05, 0) is 27.7 Å². The lowest BCUT2D eigenvalue weighted by Gasteiger charge is -2.26. The molecule has 0 fully saturated rings. The third kappa shape index (κ3) is 7.88. The average Bonchev–Trinajstić information content (AvgIpc) is 2.21. The lowest BCUT2D eigenvalue weighted by atomic mass is 10.1. The van der Waals surface area contributed by atoms with E-state index in [-0.39, 0.29) is 0 Å². The van der Waals surface area contributed by atoms with E-state index in [0.717, 1.165) is 5.06 Å². The summed E-state index contributed by atoms with van der Waals surface area (Å²) in [5, 5.41) is 2.90. The Labute approximate surface area is 117 Å². The van der Waals surface area contributed by atoms with E-state index in [1.54, 1.807) is 20.8 Å². The van der Waals surface area contributed by atoms with Crippen LogP contribution in [0.2, 0.25) is 0 Å². The van der Waals surface area contributed by atoms with E-state index in [1.165, 1.54) is 14.2 Å². The summed E-state index contributed by atoms with van der Waals surface area (Å²) in [6.45, 7) is 5.54. The quantitative estimate of drug-likeness (QED) is 0.787. The van der Waals surface area contributed by atoms with Gasteiger partial charge in [0, 0.05) is 13.5 Å². The SMILES string of the molecule is CON(C)C(=O)[C@H](CC(C)(F)F)NC(=O)OC(C)(C)C. The lowest BCUT2D eigenvalue weighted by molar-refractivity contribution is -0.173. The lowest BCUT2D eigenvalue weighted by Crippen LogP contribution is -2.50. The highest BCUT2D eigenvalue weighted by molar-refractivity contribution is 5.84. The van der Waals surface area contributed by atoms with Crippen LogP contribution < -0.4 is 5.32 Å². The summed E-state index contributed by atoms with van der Waals surface area (Å²) < 4.78 is 31.1. The van der Waals surface area contributed by atoms with Gasteiger partial charge in [-0.3, -0.25) is 9.63 Å². The van der Waals surface area contributed by atoms with Crippen molar-refractivity contribution in [3.8, 4) is 0 Å². The topological polar surface area (TPSA) is 67.9 Å². The van der Waals surface area contributed by atoms with Crippen molar-refractivity contribution in [3.05, 3.63) is 0 Å². The summed E-state index contributed by atoms with van der Waals surface area (Å²) in [7, 11) is 2.48. The first-order valence-corrected chi connectivity index (χ1v) is 6.05. The maximum Gasteiger partial charge on any atom is 0.408 e. The second-order valence-corrected chi connectivity index (χ2v) is 5.49. The molecule has 0 rings (SSSR count). The number of nitrogens with one attached hydrogen (secondary N) is 1. The number of alkyl carbamates (subject to hydrolysis) is 1. The number of rotatable bonds is 5. The van der Waals surface area contributed by atoms with Crippen LogP contribution in [0.5, 0.6) is 0 Å². The molecule has 0 aromatic carbocycles. The molecule has 8 heteroatoms. The van der Waals surface area contributed by atoms with E-state index in [1.807, 2.05) is 0 Å². The molecule has 2 amide bonds. The molecule has 0 aliphatic heterocycles. The third-order valence-electron chi connectivity index (χ3n) is 2.14. The number of nitrogens with zero attached hydrogens (tertiary/aromatic N) is 1. The molecule has 20 heavy (non-hydrogen) atoms. The summed E-state index contributed by atoms with van der Waals surface area (Å²) in [6.07, 6.45) is -1.79. The molecule has 0 radical (unpaired) electrons. The number of hydrogen-bond donors (Lipinski definition) is 1. The minimum absolute atomic E-state index is 0.664. The van der Waals surface area contributed by atoms with Gasteiger partial charge in [-0.15, -0.1) is 0 Å². The first-order valence-electron chi connectivity index (χ1n) is 6.05. The van der Waals surface area contributed by atoms with Crippen molar-refractivity contribution in [1.29, 1.82) is 0 Å². The molecule has 1 atom stereocenters. The van der Waals surface area contributed by atoms with Crippen LogP contribution in [0.25, 0.3) is 0 Å². The first kappa shape index (κ1) is 18.6. The van der Waals surface area contributed by atoms with Crippen LogP contribution >= 0.6 is 0 Å². The Morgan fingerprint density at radius 2 is 1.75 bits per heavy atom. The van der Waals surface area contributed by atoms with Gasteiger partial charge >= 0.3 is 6.09 Å². The number of carbonyl (C=O) groups excluding carboxylic acids is 2. The highest BCUT2D eigenvalue weighted by Crippen LogP contribution is 2.20. The Bertz CT molecular complexity index is 350.